The average Bonchev–Trinajstić information content (AvgIpc) is 2.38. The van der Waals surface area contributed by atoms with Crippen molar-refractivity contribution in [1.82, 2.24) is 0 Å². The van der Waals surface area contributed by atoms with E-state index in [1.807, 2.05) is 13.8 Å². The molecule has 0 radical (unpaired) electrons. The van der Waals surface area contributed by atoms with E-state index in [1.165, 1.54) is 0 Å². The quantitative estimate of drug-likeness (QED) is 0.431. The molecule has 0 aromatic carbocycles. The van der Waals surface area contributed by atoms with Gasteiger partial charge in [-0.05, 0) is 26.7 Å². The van der Waals surface area contributed by atoms with Gasteiger partial charge in [0.1, 0.15) is 12.2 Å². The predicted molar refractivity (Wildman–Crippen MR) is 81.1 cm³/mol. The third-order valence-electron chi connectivity index (χ3n) is 2.82. The van der Waals surface area contributed by atoms with Crippen molar-refractivity contribution in [3.63, 3.8) is 0 Å². The van der Waals surface area contributed by atoms with Crippen molar-refractivity contribution in [1.29, 1.82) is 0 Å². The zero-order valence-electron chi connectivity index (χ0n) is 14.1. The Morgan fingerprint density at radius 2 is 1.32 bits per heavy atom. The lowest BCUT2D eigenvalue weighted by atomic mass is 10.2. The average molecular weight is 316 g/mol. The Bertz CT molecular complexity index is 353. The van der Waals surface area contributed by atoms with E-state index < -0.39 is 12.1 Å². The monoisotopic (exact) mass is 316 g/mol. The van der Waals surface area contributed by atoms with Crippen LogP contribution in [-0.4, -0.2) is 36.7 Å². The van der Waals surface area contributed by atoms with Crippen LogP contribution in [0.3, 0.4) is 0 Å². The Labute approximate surface area is 132 Å². The second-order valence-corrected chi connectivity index (χ2v) is 5.31. The summed E-state index contributed by atoms with van der Waals surface area (Å²) >= 11 is 0. The molecule has 0 saturated carbocycles. The first-order valence-electron chi connectivity index (χ1n) is 7.93. The molecule has 22 heavy (non-hydrogen) atoms. The fourth-order valence-corrected chi connectivity index (χ4v) is 1.71. The third-order valence-corrected chi connectivity index (χ3v) is 2.82. The zero-order chi connectivity index (χ0) is 17.0. The van der Waals surface area contributed by atoms with Crippen LogP contribution in [0.2, 0.25) is 0 Å². The largest absolute Gasteiger partial charge is 0.465 e. The van der Waals surface area contributed by atoms with Crippen molar-refractivity contribution in [3.05, 3.63) is 0 Å². The summed E-state index contributed by atoms with van der Waals surface area (Å²) in [6.45, 7) is 7.38. The van der Waals surface area contributed by atoms with Crippen molar-refractivity contribution >= 4 is 17.9 Å². The van der Waals surface area contributed by atoms with Gasteiger partial charge in [-0.2, -0.15) is 0 Å². The van der Waals surface area contributed by atoms with Gasteiger partial charge in [0.25, 0.3) is 0 Å². The van der Waals surface area contributed by atoms with Crippen LogP contribution in [0.15, 0.2) is 0 Å². The number of hydrogen-bond donors (Lipinski definition) is 0. The van der Waals surface area contributed by atoms with Crippen molar-refractivity contribution < 1.29 is 28.6 Å². The van der Waals surface area contributed by atoms with Gasteiger partial charge in [-0.25, -0.2) is 0 Å². The summed E-state index contributed by atoms with van der Waals surface area (Å²) < 4.78 is 15.2. The van der Waals surface area contributed by atoms with Crippen LogP contribution < -0.4 is 0 Å². The lowest BCUT2D eigenvalue weighted by molar-refractivity contribution is -0.154. The lowest BCUT2D eigenvalue weighted by Crippen LogP contribution is -2.21. The van der Waals surface area contributed by atoms with Crippen LogP contribution in [0, 0.1) is 0 Å². The third kappa shape index (κ3) is 11.1. The van der Waals surface area contributed by atoms with Gasteiger partial charge in [0.05, 0.1) is 13.0 Å². The fraction of sp³-hybridized carbons (Fsp3) is 0.812. The maximum atomic E-state index is 11.6. The van der Waals surface area contributed by atoms with E-state index >= 15 is 0 Å². The Morgan fingerprint density at radius 3 is 1.82 bits per heavy atom. The Hall–Kier alpha value is -1.59. The first-order valence-corrected chi connectivity index (χ1v) is 7.93. The van der Waals surface area contributed by atoms with E-state index in [4.69, 9.17) is 14.2 Å². The lowest BCUT2D eigenvalue weighted by Gasteiger charge is -2.14. The molecule has 128 valence electrons. The number of esters is 3. The second-order valence-electron chi connectivity index (χ2n) is 5.31. The SMILES string of the molecule is CCCC(=O)O[C@H](C)CCOC(=O)C[C@@H](C)OC(=O)CCC. The van der Waals surface area contributed by atoms with Crippen molar-refractivity contribution in [2.45, 2.75) is 78.4 Å². The van der Waals surface area contributed by atoms with Crippen molar-refractivity contribution in [2.24, 2.45) is 0 Å². The highest BCUT2D eigenvalue weighted by Gasteiger charge is 2.15. The first kappa shape index (κ1) is 20.4. The number of carbonyl (C=O) groups excluding carboxylic acids is 3. The van der Waals surface area contributed by atoms with Gasteiger partial charge in [-0.1, -0.05) is 13.8 Å². The van der Waals surface area contributed by atoms with Gasteiger partial charge >= 0.3 is 17.9 Å². The molecule has 0 heterocycles. The molecular formula is C16H28O6. The van der Waals surface area contributed by atoms with Gasteiger partial charge in [0, 0.05) is 19.3 Å². The molecule has 0 N–H and O–H groups in total. The van der Waals surface area contributed by atoms with Crippen molar-refractivity contribution in [3.8, 4) is 0 Å². The van der Waals surface area contributed by atoms with E-state index in [1.54, 1.807) is 13.8 Å². The van der Waals surface area contributed by atoms with Crippen LogP contribution in [-0.2, 0) is 28.6 Å². The summed E-state index contributed by atoms with van der Waals surface area (Å²) in [4.78, 5) is 34.1. The van der Waals surface area contributed by atoms with E-state index in [0.29, 0.717) is 25.7 Å². The van der Waals surface area contributed by atoms with Crippen LogP contribution >= 0.6 is 0 Å². The topological polar surface area (TPSA) is 78.9 Å². The van der Waals surface area contributed by atoms with Gasteiger partial charge in [-0.3, -0.25) is 14.4 Å². The number of hydrogen-bond acceptors (Lipinski definition) is 6. The maximum absolute atomic E-state index is 11.6. The molecule has 0 amide bonds. The van der Waals surface area contributed by atoms with Gasteiger partial charge in [0.2, 0.25) is 0 Å². The molecule has 0 fully saturated rings. The Morgan fingerprint density at radius 1 is 0.818 bits per heavy atom. The molecule has 0 rings (SSSR count). The molecule has 0 saturated heterocycles. The molecule has 0 aliphatic rings. The molecule has 2 atom stereocenters. The molecule has 0 unspecified atom stereocenters. The van der Waals surface area contributed by atoms with Gasteiger partial charge in [-0.15, -0.1) is 0 Å². The molecule has 0 aliphatic carbocycles. The predicted octanol–water partition coefficient (Wildman–Crippen LogP) is 2.77. The Kier molecular flexibility index (Phi) is 11.1. The fourth-order valence-electron chi connectivity index (χ4n) is 1.71. The minimum Gasteiger partial charge on any atom is -0.465 e. The molecule has 6 heteroatoms. The van der Waals surface area contributed by atoms with Gasteiger partial charge in [0.15, 0.2) is 0 Å². The first-order chi connectivity index (χ1) is 10.4. The molecule has 0 aliphatic heterocycles. The molecule has 0 spiro atoms. The summed E-state index contributed by atoms with van der Waals surface area (Å²) in [5, 5.41) is 0. The highest BCUT2D eigenvalue weighted by atomic mass is 16.6. The van der Waals surface area contributed by atoms with E-state index in [2.05, 4.69) is 0 Å². The van der Waals surface area contributed by atoms with Crippen LogP contribution in [0.5, 0.6) is 0 Å². The molecular weight excluding hydrogens is 288 g/mol. The summed E-state index contributed by atoms with van der Waals surface area (Å²) in [6.07, 6.45) is 1.90. The molecule has 0 aromatic rings. The van der Waals surface area contributed by atoms with Gasteiger partial charge < -0.3 is 14.2 Å². The maximum Gasteiger partial charge on any atom is 0.309 e. The van der Waals surface area contributed by atoms with Crippen molar-refractivity contribution in [2.75, 3.05) is 6.61 Å². The number of carbonyl (C=O) groups is 3. The highest BCUT2D eigenvalue weighted by Crippen LogP contribution is 2.05. The Balaban J connectivity index is 3.80. The van der Waals surface area contributed by atoms with E-state index in [-0.39, 0.29) is 31.1 Å². The van der Waals surface area contributed by atoms with Crippen LogP contribution in [0.25, 0.3) is 0 Å². The number of ether oxygens (including phenoxy) is 3. The smallest absolute Gasteiger partial charge is 0.309 e. The minimum absolute atomic E-state index is 0.0272. The highest BCUT2D eigenvalue weighted by molar-refractivity contribution is 5.72. The summed E-state index contributed by atoms with van der Waals surface area (Å²) in [5.41, 5.74) is 0. The molecule has 6 nitrogen and oxygen atoms in total. The molecule has 0 aromatic heterocycles. The standard InChI is InChI=1S/C16H28O6/c1-5-7-14(17)21-12(3)9-10-20-16(19)11-13(4)22-15(18)8-6-2/h12-13H,5-11H2,1-4H3/t12-,13-/m1/s1. The summed E-state index contributed by atoms with van der Waals surface area (Å²) in [6, 6.07) is 0. The number of rotatable bonds is 11. The van der Waals surface area contributed by atoms with E-state index in [9.17, 15) is 14.4 Å². The summed E-state index contributed by atoms with van der Waals surface area (Å²) in [7, 11) is 0. The minimum atomic E-state index is -0.494. The molecule has 0 bridgehead atoms. The second kappa shape index (κ2) is 12.0. The van der Waals surface area contributed by atoms with Crippen LogP contribution in [0.4, 0.5) is 0 Å². The normalized spacial score (nSPS) is 13.1. The van der Waals surface area contributed by atoms with Crippen LogP contribution in [0.1, 0.15) is 66.2 Å². The van der Waals surface area contributed by atoms with E-state index in [0.717, 1.165) is 6.42 Å². The zero-order valence-corrected chi connectivity index (χ0v) is 14.1. The summed E-state index contributed by atoms with van der Waals surface area (Å²) in [5.74, 6) is -0.971.